The number of carbonyl (C=O) groups is 1. The fraction of sp³-hybridized carbons (Fsp3) is 0.231. The van der Waals surface area contributed by atoms with Gasteiger partial charge in [0, 0.05) is 5.38 Å². The van der Waals surface area contributed by atoms with Crippen molar-refractivity contribution in [1.82, 2.24) is 4.98 Å². The van der Waals surface area contributed by atoms with Crippen LogP contribution in [0, 0.1) is 0 Å². The van der Waals surface area contributed by atoms with Crippen molar-refractivity contribution < 1.29 is 9.63 Å². The Balaban J connectivity index is 1.73. The predicted molar refractivity (Wildman–Crippen MR) is 93.6 cm³/mol. The Hall–Kier alpha value is -1.58. The molecule has 22 heavy (non-hydrogen) atoms. The lowest BCUT2D eigenvalue weighted by atomic mass is 10.1. The molecule has 2 atom stereocenters. The second-order valence-corrected chi connectivity index (χ2v) is 7.73. The van der Waals surface area contributed by atoms with Gasteiger partial charge in [0.15, 0.2) is 10.8 Å². The summed E-state index contributed by atoms with van der Waals surface area (Å²) in [6.45, 7) is 0. The summed E-state index contributed by atoms with van der Waals surface area (Å²) in [5, 5.41) is 5.84. The number of thioether (sulfide) groups is 2. The van der Waals surface area contributed by atoms with Gasteiger partial charge in [0.25, 0.3) is 0 Å². The number of nitrogens with two attached hydrogens (primary N) is 1. The van der Waals surface area contributed by atoms with Crippen LogP contribution in [0.1, 0.15) is 5.69 Å². The van der Waals surface area contributed by atoms with Gasteiger partial charge >= 0.3 is 0 Å². The number of rotatable bonds is 4. The Morgan fingerprint density at radius 3 is 3.05 bits per heavy atom. The zero-order valence-electron chi connectivity index (χ0n) is 11.5. The molecule has 9 heteroatoms. The molecule has 1 aliphatic heterocycles. The summed E-state index contributed by atoms with van der Waals surface area (Å²) in [6, 6.07) is 0. The number of fused-ring (bicyclic) bond motifs is 1. The topological polar surface area (TPSA) is 89.9 Å². The first-order chi connectivity index (χ1) is 10.7. The quantitative estimate of drug-likeness (QED) is 0.660. The number of anilines is 1. The van der Waals surface area contributed by atoms with E-state index >= 15 is 0 Å². The van der Waals surface area contributed by atoms with Gasteiger partial charge < -0.3 is 10.6 Å². The number of hydrogen-bond donors (Lipinski definition) is 1. The van der Waals surface area contributed by atoms with Crippen LogP contribution in [-0.2, 0) is 9.63 Å². The van der Waals surface area contributed by atoms with Crippen molar-refractivity contribution in [3.63, 3.8) is 0 Å². The number of aromatic nitrogens is 1. The van der Waals surface area contributed by atoms with Crippen LogP contribution in [0.25, 0.3) is 0 Å². The first-order valence-corrected chi connectivity index (χ1v) is 8.99. The fourth-order valence-electron chi connectivity index (χ4n) is 1.90. The summed E-state index contributed by atoms with van der Waals surface area (Å²) in [4.78, 5) is 25.8. The van der Waals surface area contributed by atoms with E-state index in [1.807, 2.05) is 18.2 Å². The Bertz CT molecular complexity index is 708. The Kier molecular flexibility index (Phi) is 4.65. The molecule has 6 nitrogen and oxygen atoms in total. The van der Waals surface area contributed by atoms with Crippen molar-refractivity contribution in [2.24, 2.45) is 10.1 Å². The van der Waals surface area contributed by atoms with Gasteiger partial charge in [-0.05, 0) is 17.8 Å². The highest BCUT2D eigenvalue weighted by Gasteiger charge is 2.31. The minimum atomic E-state index is -0.236. The number of hydrogen-bond acceptors (Lipinski definition) is 9. The smallest absolute Gasteiger partial charge is 0.246 e. The van der Waals surface area contributed by atoms with Crippen LogP contribution in [0.2, 0.25) is 0 Å². The van der Waals surface area contributed by atoms with Crippen LogP contribution in [0.4, 0.5) is 5.13 Å². The summed E-state index contributed by atoms with van der Waals surface area (Å²) >= 11 is 3.98. The molecule has 3 rings (SSSR count). The van der Waals surface area contributed by atoms with Gasteiger partial charge in [0.05, 0.1) is 11.0 Å². The van der Waals surface area contributed by atoms with E-state index in [9.17, 15) is 4.79 Å². The van der Waals surface area contributed by atoms with Crippen molar-refractivity contribution in [3.05, 3.63) is 35.4 Å². The fourth-order valence-corrected chi connectivity index (χ4v) is 4.80. The molecule has 2 N–H and O–H groups in total. The molecule has 1 aromatic heterocycles. The van der Waals surface area contributed by atoms with E-state index in [-0.39, 0.29) is 20.8 Å². The van der Waals surface area contributed by atoms with E-state index in [1.165, 1.54) is 18.4 Å². The molecule has 0 saturated carbocycles. The van der Waals surface area contributed by atoms with E-state index in [0.29, 0.717) is 10.8 Å². The van der Waals surface area contributed by atoms with Gasteiger partial charge in [-0.25, -0.2) is 4.98 Å². The van der Waals surface area contributed by atoms with Gasteiger partial charge in [-0.15, -0.1) is 23.1 Å². The number of nitrogen functional groups attached to an aromatic ring is 1. The summed E-state index contributed by atoms with van der Waals surface area (Å²) < 4.78 is -0.196. The second-order valence-electron chi connectivity index (χ2n) is 4.26. The highest BCUT2D eigenvalue weighted by atomic mass is 32.2. The van der Waals surface area contributed by atoms with Gasteiger partial charge in [0.2, 0.25) is 5.12 Å². The average Bonchev–Trinajstić information content (AvgIpc) is 3.10. The minimum Gasteiger partial charge on any atom is -0.398 e. The zero-order chi connectivity index (χ0) is 15.5. The van der Waals surface area contributed by atoms with Crippen LogP contribution < -0.4 is 5.73 Å². The molecular formula is C13H12N4O2S3. The van der Waals surface area contributed by atoms with Gasteiger partial charge in [-0.1, -0.05) is 23.4 Å². The van der Waals surface area contributed by atoms with Crippen molar-refractivity contribution in [3.8, 4) is 0 Å². The monoisotopic (exact) mass is 352 g/mol. The molecule has 0 amide bonds. The molecule has 0 fully saturated rings. The third-order valence-electron chi connectivity index (χ3n) is 2.82. The maximum atomic E-state index is 12.5. The summed E-state index contributed by atoms with van der Waals surface area (Å²) in [5.74, 6) is 0. The minimum absolute atomic E-state index is 0.155. The highest BCUT2D eigenvalue weighted by molar-refractivity contribution is 8.26. The van der Waals surface area contributed by atoms with Gasteiger partial charge in [-0.3, -0.25) is 9.79 Å². The lowest BCUT2D eigenvalue weighted by Crippen LogP contribution is -2.15. The van der Waals surface area contributed by atoms with Crippen molar-refractivity contribution in [2.75, 3.05) is 12.8 Å². The van der Waals surface area contributed by atoms with Crippen LogP contribution in [-0.4, -0.2) is 38.6 Å². The Morgan fingerprint density at radius 1 is 1.50 bits per heavy atom. The normalized spacial score (nSPS) is 23.3. The average molecular weight is 352 g/mol. The first-order valence-electron chi connectivity index (χ1n) is 6.29. The van der Waals surface area contributed by atoms with Gasteiger partial charge in [-0.2, -0.15) is 0 Å². The number of aliphatic imine (C=N–C) groups is 1. The Labute approximate surface area is 139 Å². The molecule has 0 spiro atoms. The molecular weight excluding hydrogens is 340 g/mol. The van der Waals surface area contributed by atoms with Crippen molar-refractivity contribution in [1.29, 1.82) is 0 Å². The molecule has 2 unspecified atom stereocenters. The van der Waals surface area contributed by atoms with E-state index < -0.39 is 0 Å². The number of oxime groups is 1. The van der Waals surface area contributed by atoms with Crippen molar-refractivity contribution >= 4 is 56.5 Å². The molecule has 2 aliphatic rings. The molecule has 114 valence electrons. The van der Waals surface area contributed by atoms with E-state index in [0.717, 1.165) is 17.5 Å². The molecule has 0 bridgehead atoms. The largest absolute Gasteiger partial charge is 0.398 e. The van der Waals surface area contributed by atoms with Crippen LogP contribution in [0.15, 0.2) is 39.8 Å². The number of carbonyl (C=O) groups excluding carboxylic acids is 1. The lowest BCUT2D eigenvalue weighted by Gasteiger charge is -2.08. The van der Waals surface area contributed by atoms with Crippen molar-refractivity contribution in [2.45, 2.75) is 9.96 Å². The van der Waals surface area contributed by atoms with E-state index in [2.05, 4.69) is 21.2 Å². The summed E-state index contributed by atoms with van der Waals surface area (Å²) in [7, 11) is 1.39. The van der Waals surface area contributed by atoms with Crippen LogP contribution >= 0.6 is 34.9 Å². The predicted octanol–water partition coefficient (Wildman–Crippen LogP) is 2.30. The molecule has 0 saturated heterocycles. The molecule has 0 radical (unpaired) electrons. The summed E-state index contributed by atoms with van der Waals surface area (Å²) in [5.41, 5.74) is 7.18. The van der Waals surface area contributed by atoms with Gasteiger partial charge in [0.1, 0.15) is 17.5 Å². The maximum Gasteiger partial charge on any atom is 0.246 e. The maximum absolute atomic E-state index is 12.5. The standard InChI is InChI=1S/C13H12N4O2S3/c1-19-17-10(8-6-20-12(14)15-8)11(18)22-13-16-7-4-2-3-5-9(7)21-13/h2-6,9,13H,1H3,(H2,14,15)/b17-10-. The summed E-state index contributed by atoms with van der Waals surface area (Å²) in [6.07, 6.45) is 7.97. The first kappa shape index (κ1) is 15.3. The Morgan fingerprint density at radius 2 is 2.36 bits per heavy atom. The molecule has 1 aromatic rings. The lowest BCUT2D eigenvalue weighted by molar-refractivity contribution is -0.105. The number of allylic oxidation sites excluding steroid dienone is 3. The number of thiazole rings is 1. The van der Waals surface area contributed by atoms with E-state index in [4.69, 9.17) is 10.6 Å². The van der Waals surface area contributed by atoms with E-state index in [1.54, 1.807) is 17.1 Å². The zero-order valence-corrected chi connectivity index (χ0v) is 14.0. The number of nitrogens with zero attached hydrogens (tertiary/aromatic N) is 3. The third-order valence-corrected chi connectivity index (χ3v) is 5.86. The third kappa shape index (κ3) is 3.26. The SMILES string of the molecule is CO/N=C(\C(=O)SC1N=C2C=CC=CC2S1)c1csc(N)n1. The molecule has 0 aromatic carbocycles. The molecule has 2 heterocycles. The van der Waals surface area contributed by atoms with Crippen LogP contribution in [0.3, 0.4) is 0 Å². The second kappa shape index (κ2) is 6.67. The van der Waals surface area contributed by atoms with Crippen LogP contribution in [0.5, 0.6) is 0 Å². The molecule has 1 aliphatic carbocycles. The highest BCUT2D eigenvalue weighted by Crippen LogP contribution is 2.38.